The summed E-state index contributed by atoms with van der Waals surface area (Å²) in [7, 11) is 2.84. The van der Waals surface area contributed by atoms with E-state index in [1.54, 1.807) is 18.2 Å². The topological polar surface area (TPSA) is 124 Å². The molecule has 0 saturated carbocycles. The first-order chi connectivity index (χ1) is 14.8. The number of carbonyl (C=O) groups is 1. The van der Waals surface area contributed by atoms with E-state index in [-0.39, 0.29) is 22.7 Å². The lowest BCUT2D eigenvalue weighted by atomic mass is 10.1. The number of nitrogens with one attached hydrogen (secondary N) is 1. The van der Waals surface area contributed by atoms with Gasteiger partial charge in [-0.15, -0.1) is 0 Å². The van der Waals surface area contributed by atoms with E-state index in [1.165, 1.54) is 32.4 Å². The van der Waals surface area contributed by atoms with Crippen LogP contribution in [0.4, 0.5) is 11.4 Å². The molecule has 0 aliphatic heterocycles. The number of nitriles is 1. The first-order valence-electron chi connectivity index (χ1n) is 8.71. The van der Waals surface area contributed by atoms with Crippen molar-refractivity contribution in [1.82, 2.24) is 0 Å². The number of anilines is 1. The van der Waals surface area contributed by atoms with Gasteiger partial charge in [0.2, 0.25) is 0 Å². The van der Waals surface area contributed by atoms with Gasteiger partial charge in [-0.3, -0.25) is 14.9 Å². The van der Waals surface area contributed by atoms with Crippen LogP contribution in [0.15, 0.2) is 48.6 Å². The zero-order chi connectivity index (χ0) is 23.0. The maximum Gasteiger partial charge on any atom is 0.271 e. The molecule has 0 spiro atoms. The number of nitrogens with zero attached hydrogens (tertiary/aromatic N) is 2. The second-order valence-electron chi connectivity index (χ2n) is 5.90. The number of halogens is 1. The number of hydrogen-bond donors (Lipinski definition) is 1. The SMILES string of the molecule is C=CCOc1c(I)cc(/C=C(\C#N)C(=O)Nc2cc([N+](=O)[O-])ccc2OC)cc1OC. The van der Waals surface area contributed by atoms with Gasteiger partial charge in [0.25, 0.3) is 11.6 Å². The molecule has 2 rings (SSSR count). The molecule has 1 N–H and O–H groups in total. The molecular formula is C21H18IN3O6. The van der Waals surface area contributed by atoms with Gasteiger partial charge in [0, 0.05) is 12.1 Å². The van der Waals surface area contributed by atoms with Crippen molar-refractivity contribution in [1.29, 1.82) is 5.26 Å². The van der Waals surface area contributed by atoms with Crippen molar-refractivity contribution in [3.63, 3.8) is 0 Å². The highest BCUT2D eigenvalue weighted by molar-refractivity contribution is 14.1. The van der Waals surface area contributed by atoms with Crippen LogP contribution in [0.2, 0.25) is 0 Å². The highest BCUT2D eigenvalue weighted by Gasteiger charge is 2.17. The van der Waals surface area contributed by atoms with Gasteiger partial charge in [-0.2, -0.15) is 5.26 Å². The van der Waals surface area contributed by atoms with Crippen molar-refractivity contribution < 1.29 is 23.9 Å². The predicted octanol–water partition coefficient (Wildman–Crippen LogP) is 4.33. The van der Waals surface area contributed by atoms with Gasteiger partial charge < -0.3 is 19.5 Å². The zero-order valence-electron chi connectivity index (χ0n) is 16.7. The second kappa shape index (κ2) is 11.0. The summed E-state index contributed by atoms with van der Waals surface area (Å²) in [5.74, 6) is 0.418. The normalized spacial score (nSPS) is 10.6. The van der Waals surface area contributed by atoms with Gasteiger partial charge in [-0.25, -0.2) is 0 Å². The van der Waals surface area contributed by atoms with Crippen LogP contribution < -0.4 is 19.5 Å². The van der Waals surface area contributed by atoms with E-state index in [9.17, 15) is 20.2 Å². The Morgan fingerprint density at radius 2 is 2.00 bits per heavy atom. The van der Waals surface area contributed by atoms with Gasteiger partial charge in [0.1, 0.15) is 24.0 Å². The van der Waals surface area contributed by atoms with E-state index < -0.39 is 10.8 Å². The Bertz CT molecular complexity index is 1090. The first kappa shape index (κ1) is 23.7. The number of benzene rings is 2. The lowest BCUT2D eigenvalue weighted by Gasteiger charge is -2.13. The second-order valence-corrected chi connectivity index (χ2v) is 7.06. The Kier molecular flexibility index (Phi) is 8.39. The molecule has 2 aromatic carbocycles. The van der Waals surface area contributed by atoms with Gasteiger partial charge >= 0.3 is 0 Å². The number of amides is 1. The highest BCUT2D eigenvalue weighted by Crippen LogP contribution is 2.35. The molecule has 0 fully saturated rings. The maximum atomic E-state index is 12.6. The molecule has 31 heavy (non-hydrogen) atoms. The molecule has 0 bridgehead atoms. The molecule has 0 aromatic heterocycles. The van der Waals surface area contributed by atoms with E-state index in [2.05, 4.69) is 34.5 Å². The molecule has 10 heteroatoms. The van der Waals surface area contributed by atoms with E-state index in [0.717, 1.165) is 6.07 Å². The fraction of sp³-hybridized carbons (Fsp3) is 0.143. The quantitative estimate of drug-likeness (QED) is 0.127. The molecule has 0 atom stereocenters. The number of nitro benzene ring substituents is 1. The van der Waals surface area contributed by atoms with Crippen molar-refractivity contribution in [3.8, 4) is 23.3 Å². The standard InChI is InChI=1S/C21H18IN3O6/c1-4-7-31-20-16(22)9-13(10-19(20)30-3)8-14(12-23)21(26)24-17-11-15(25(27)28)5-6-18(17)29-2/h4-6,8-11H,1,7H2,2-3H3,(H,24,26)/b14-8+. The molecule has 9 nitrogen and oxygen atoms in total. The summed E-state index contributed by atoms with van der Waals surface area (Å²) in [6.07, 6.45) is 2.98. The van der Waals surface area contributed by atoms with Gasteiger partial charge in [0.05, 0.1) is 28.4 Å². The number of ether oxygens (including phenoxy) is 3. The molecule has 0 heterocycles. The smallest absolute Gasteiger partial charge is 0.271 e. The van der Waals surface area contributed by atoms with E-state index in [0.29, 0.717) is 27.2 Å². The third-order valence-corrected chi connectivity index (χ3v) is 4.72. The highest BCUT2D eigenvalue weighted by atomic mass is 127. The van der Waals surface area contributed by atoms with Crippen LogP contribution in [0.3, 0.4) is 0 Å². The third-order valence-electron chi connectivity index (χ3n) is 3.92. The summed E-state index contributed by atoms with van der Waals surface area (Å²) >= 11 is 2.06. The fourth-order valence-electron chi connectivity index (χ4n) is 2.52. The fourth-order valence-corrected chi connectivity index (χ4v) is 3.30. The average Bonchev–Trinajstić information content (AvgIpc) is 2.76. The van der Waals surface area contributed by atoms with Crippen molar-refractivity contribution in [2.75, 3.05) is 26.1 Å². The summed E-state index contributed by atoms with van der Waals surface area (Å²) in [6, 6.07) is 8.95. The monoisotopic (exact) mass is 535 g/mol. The minimum Gasteiger partial charge on any atom is -0.495 e. The van der Waals surface area contributed by atoms with E-state index in [1.807, 2.05) is 6.07 Å². The number of carbonyl (C=O) groups excluding carboxylic acids is 1. The van der Waals surface area contributed by atoms with Gasteiger partial charge in [-0.1, -0.05) is 12.7 Å². The van der Waals surface area contributed by atoms with Crippen LogP contribution in [-0.4, -0.2) is 31.7 Å². The first-order valence-corrected chi connectivity index (χ1v) is 9.79. The molecule has 0 aliphatic carbocycles. The minimum atomic E-state index is -0.748. The van der Waals surface area contributed by atoms with Crippen LogP contribution in [0.1, 0.15) is 5.56 Å². The van der Waals surface area contributed by atoms with Crippen molar-refractivity contribution in [2.24, 2.45) is 0 Å². The third kappa shape index (κ3) is 5.95. The predicted molar refractivity (Wildman–Crippen MR) is 123 cm³/mol. The minimum absolute atomic E-state index is 0.0724. The molecule has 0 radical (unpaired) electrons. The number of hydrogen-bond acceptors (Lipinski definition) is 7. The Hall–Kier alpha value is -3.59. The molecule has 0 unspecified atom stereocenters. The number of non-ortho nitro benzene ring substituents is 1. The largest absolute Gasteiger partial charge is 0.495 e. The number of nitro groups is 1. The molecule has 1 amide bonds. The number of rotatable bonds is 9. The van der Waals surface area contributed by atoms with Crippen molar-refractivity contribution >= 4 is 45.9 Å². The summed E-state index contributed by atoms with van der Waals surface area (Å²) in [5.41, 5.74) is 0.159. The van der Waals surface area contributed by atoms with Gasteiger partial charge in [0.15, 0.2) is 11.5 Å². The Morgan fingerprint density at radius 1 is 1.29 bits per heavy atom. The van der Waals surface area contributed by atoms with Crippen LogP contribution in [-0.2, 0) is 4.79 Å². The summed E-state index contributed by atoms with van der Waals surface area (Å²) in [5, 5.41) is 23.0. The Balaban J connectivity index is 2.38. The zero-order valence-corrected chi connectivity index (χ0v) is 18.8. The molecule has 160 valence electrons. The lowest BCUT2D eigenvalue weighted by Crippen LogP contribution is -2.14. The molecule has 2 aromatic rings. The van der Waals surface area contributed by atoms with Crippen LogP contribution in [0.5, 0.6) is 17.2 Å². The van der Waals surface area contributed by atoms with Crippen LogP contribution in [0.25, 0.3) is 6.08 Å². The van der Waals surface area contributed by atoms with Gasteiger partial charge in [-0.05, 0) is 52.4 Å². The van der Waals surface area contributed by atoms with E-state index in [4.69, 9.17) is 14.2 Å². The van der Waals surface area contributed by atoms with Crippen LogP contribution in [0, 0.1) is 25.0 Å². The Morgan fingerprint density at radius 3 is 2.58 bits per heavy atom. The van der Waals surface area contributed by atoms with Crippen molar-refractivity contribution in [3.05, 3.63) is 67.8 Å². The van der Waals surface area contributed by atoms with E-state index >= 15 is 0 Å². The maximum absolute atomic E-state index is 12.6. The van der Waals surface area contributed by atoms with Crippen molar-refractivity contribution in [2.45, 2.75) is 0 Å². The summed E-state index contributed by atoms with van der Waals surface area (Å²) in [6.45, 7) is 3.90. The molecular weight excluding hydrogens is 517 g/mol. The molecule has 0 saturated heterocycles. The summed E-state index contributed by atoms with van der Waals surface area (Å²) < 4.78 is 16.8. The number of methoxy groups -OCH3 is 2. The average molecular weight is 535 g/mol. The van der Waals surface area contributed by atoms with Crippen LogP contribution >= 0.6 is 22.6 Å². The molecule has 0 aliphatic rings. The lowest BCUT2D eigenvalue weighted by molar-refractivity contribution is -0.384. The summed E-state index contributed by atoms with van der Waals surface area (Å²) in [4.78, 5) is 23.1. The Labute approximate surface area is 192 Å².